The number of hydrogen-bond donors (Lipinski definition) is 0. The maximum Gasteiger partial charge on any atom is 0.343 e. The quantitative estimate of drug-likeness (QED) is 0.181. The van der Waals surface area contributed by atoms with Crippen molar-refractivity contribution in [2.75, 3.05) is 6.79 Å². The van der Waals surface area contributed by atoms with Crippen LogP contribution in [0.1, 0.15) is 34.3 Å². The van der Waals surface area contributed by atoms with Gasteiger partial charge in [0.15, 0.2) is 5.78 Å². The minimum absolute atomic E-state index is 0.0929. The van der Waals surface area contributed by atoms with Crippen LogP contribution in [-0.2, 0) is 30.3 Å². The van der Waals surface area contributed by atoms with Gasteiger partial charge in [0.05, 0.1) is 12.0 Å². The first-order valence-electron chi connectivity index (χ1n) is 9.91. The van der Waals surface area contributed by atoms with Gasteiger partial charge in [-0.15, -0.1) is 0 Å². The summed E-state index contributed by atoms with van der Waals surface area (Å²) in [5.41, 5.74) is 1.87. The lowest BCUT2D eigenvalue weighted by molar-refractivity contribution is -0.163. The van der Waals surface area contributed by atoms with Gasteiger partial charge in [-0.1, -0.05) is 37.1 Å². The van der Waals surface area contributed by atoms with Crippen LogP contribution in [0.2, 0.25) is 0 Å². The Morgan fingerprint density at radius 1 is 0.879 bits per heavy atom. The zero-order chi connectivity index (χ0) is 24.1. The van der Waals surface area contributed by atoms with Gasteiger partial charge in [-0.25, -0.2) is 9.59 Å². The van der Waals surface area contributed by atoms with Crippen LogP contribution in [0, 0.1) is 11.8 Å². The number of hydrogen-bond acceptors (Lipinski definition) is 7. The van der Waals surface area contributed by atoms with Crippen molar-refractivity contribution in [1.29, 1.82) is 0 Å². The minimum atomic E-state index is -0.672. The fraction of sp³-hybridized carbons (Fsp3) is 0.154. The van der Waals surface area contributed by atoms with Gasteiger partial charge in [-0.3, -0.25) is 9.59 Å². The van der Waals surface area contributed by atoms with Crippen molar-refractivity contribution in [2.24, 2.45) is 0 Å². The highest BCUT2D eigenvalue weighted by Crippen LogP contribution is 2.16. The van der Waals surface area contributed by atoms with Crippen molar-refractivity contribution < 1.29 is 33.4 Å². The number of ketones is 1. The second-order valence-corrected chi connectivity index (χ2v) is 6.56. The Hall–Kier alpha value is -4.44. The molecule has 0 N–H and O–H groups in total. The summed E-state index contributed by atoms with van der Waals surface area (Å²) in [7, 11) is 0. The number of ether oxygens (including phenoxy) is 3. The van der Waals surface area contributed by atoms with Gasteiger partial charge in [-0.05, 0) is 54.5 Å². The third kappa shape index (κ3) is 9.07. The summed E-state index contributed by atoms with van der Waals surface area (Å²) in [6.07, 6.45) is 2.80. The molecule has 2 aromatic rings. The molecule has 7 nitrogen and oxygen atoms in total. The molecule has 168 valence electrons. The number of carbonyl (C=O) groups excluding carboxylic acids is 4. The third-order valence-corrected chi connectivity index (χ3v) is 4.18. The van der Waals surface area contributed by atoms with Gasteiger partial charge in [0.1, 0.15) is 5.75 Å². The van der Waals surface area contributed by atoms with Crippen LogP contribution in [0.3, 0.4) is 0 Å². The van der Waals surface area contributed by atoms with E-state index < -0.39 is 24.7 Å². The number of allylic oxidation sites excluding steroid dienone is 1. The average molecular weight is 446 g/mol. The van der Waals surface area contributed by atoms with Crippen molar-refractivity contribution in [1.82, 2.24) is 0 Å². The van der Waals surface area contributed by atoms with Crippen LogP contribution in [0.5, 0.6) is 5.75 Å². The van der Waals surface area contributed by atoms with Crippen LogP contribution in [0.25, 0.3) is 0 Å². The van der Waals surface area contributed by atoms with E-state index in [2.05, 4.69) is 29.7 Å². The monoisotopic (exact) mass is 446 g/mol. The largest absolute Gasteiger partial charge is 0.428 e. The molecule has 0 spiro atoms. The Labute approximate surface area is 191 Å². The summed E-state index contributed by atoms with van der Waals surface area (Å²) in [6.45, 7) is 6.16. The van der Waals surface area contributed by atoms with Crippen LogP contribution in [0.4, 0.5) is 0 Å². The molecule has 0 radical (unpaired) electrons. The Balaban J connectivity index is 1.81. The number of esters is 3. The molecule has 0 bridgehead atoms. The SMILES string of the molecule is C=CC(=O)CC#Cc1ccc(C(=O)Oc2ccc(CCC(=O)OCOC(=O)C=C)cc2)cc1. The van der Waals surface area contributed by atoms with Gasteiger partial charge in [0.25, 0.3) is 0 Å². The topological polar surface area (TPSA) is 96.0 Å². The third-order valence-electron chi connectivity index (χ3n) is 4.18. The van der Waals surface area contributed by atoms with E-state index in [0.29, 0.717) is 23.3 Å². The van der Waals surface area contributed by atoms with Gasteiger partial charge in [0.2, 0.25) is 6.79 Å². The molecule has 2 rings (SSSR count). The molecule has 0 aromatic heterocycles. The molecule has 0 amide bonds. The van der Waals surface area contributed by atoms with Crippen LogP contribution >= 0.6 is 0 Å². The predicted octanol–water partition coefficient (Wildman–Crippen LogP) is 3.57. The normalized spacial score (nSPS) is 9.58. The zero-order valence-electron chi connectivity index (χ0n) is 17.9. The van der Waals surface area contributed by atoms with Crippen LogP contribution < -0.4 is 4.74 Å². The Morgan fingerprint density at radius 2 is 1.58 bits per heavy atom. The molecule has 0 aliphatic rings. The lowest BCUT2D eigenvalue weighted by Crippen LogP contribution is -2.11. The van der Waals surface area contributed by atoms with E-state index in [4.69, 9.17) is 9.47 Å². The van der Waals surface area contributed by atoms with Crippen LogP contribution in [-0.4, -0.2) is 30.5 Å². The molecule has 0 aliphatic carbocycles. The molecule has 0 saturated carbocycles. The summed E-state index contributed by atoms with van der Waals surface area (Å²) >= 11 is 0. The number of aryl methyl sites for hydroxylation is 1. The average Bonchev–Trinajstić information content (AvgIpc) is 2.83. The van der Waals surface area contributed by atoms with E-state index in [1.807, 2.05) is 0 Å². The number of benzene rings is 2. The molecule has 0 aliphatic heterocycles. The van der Waals surface area contributed by atoms with Crippen molar-refractivity contribution in [2.45, 2.75) is 19.3 Å². The maximum absolute atomic E-state index is 12.3. The smallest absolute Gasteiger partial charge is 0.343 e. The summed E-state index contributed by atoms with van der Waals surface area (Å²) < 4.78 is 14.7. The first kappa shape index (κ1) is 24.8. The van der Waals surface area contributed by atoms with Crippen molar-refractivity contribution in [3.63, 3.8) is 0 Å². The highest BCUT2D eigenvalue weighted by atomic mass is 16.7. The molecule has 2 aromatic carbocycles. The maximum atomic E-state index is 12.3. The first-order chi connectivity index (χ1) is 15.9. The van der Waals surface area contributed by atoms with Gasteiger partial charge >= 0.3 is 17.9 Å². The molecule has 0 fully saturated rings. The summed E-state index contributed by atoms with van der Waals surface area (Å²) in [4.78, 5) is 46.0. The van der Waals surface area contributed by atoms with Crippen molar-refractivity contribution in [3.8, 4) is 17.6 Å². The van der Waals surface area contributed by atoms with Gasteiger partial charge in [-0.2, -0.15) is 0 Å². The Morgan fingerprint density at radius 3 is 2.21 bits per heavy atom. The Kier molecular flexibility index (Phi) is 9.84. The second-order valence-electron chi connectivity index (χ2n) is 6.56. The van der Waals surface area contributed by atoms with Gasteiger partial charge in [0, 0.05) is 18.1 Å². The van der Waals surface area contributed by atoms with Crippen molar-refractivity contribution >= 4 is 23.7 Å². The van der Waals surface area contributed by atoms with E-state index in [1.165, 1.54) is 6.08 Å². The lowest BCUT2D eigenvalue weighted by atomic mass is 10.1. The molecule has 7 heteroatoms. The van der Waals surface area contributed by atoms with E-state index in [9.17, 15) is 19.2 Å². The van der Waals surface area contributed by atoms with Crippen molar-refractivity contribution in [3.05, 3.63) is 90.5 Å². The second kappa shape index (κ2) is 13.1. The summed E-state index contributed by atoms with van der Waals surface area (Å²) in [5, 5.41) is 0. The Bertz CT molecular complexity index is 1080. The summed E-state index contributed by atoms with van der Waals surface area (Å²) in [6, 6.07) is 13.2. The van der Waals surface area contributed by atoms with E-state index >= 15 is 0 Å². The molecule has 33 heavy (non-hydrogen) atoms. The fourth-order valence-corrected chi connectivity index (χ4v) is 2.42. The molecule has 0 atom stereocenters. The number of rotatable bonds is 10. The van der Waals surface area contributed by atoms with Gasteiger partial charge < -0.3 is 14.2 Å². The molecule has 0 unspecified atom stereocenters. The fourth-order valence-electron chi connectivity index (χ4n) is 2.42. The van der Waals surface area contributed by atoms with E-state index in [-0.39, 0.29) is 18.6 Å². The molecular formula is C26H22O7. The summed E-state index contributed by atoms with van der Waals surface area (Å²) in [5.74, 6) is 4.08. The standard InChI is InChI=1S/C26H22O7/c1-3-22(27)7-5-6-19-8-13-21(14-9-19)26(30)33-23-15-10-20(11-16-23)12-17-25(29)32-18-31-24(28)4-2/h3-4,8-11,13-16H,1-2,7,12,17-18H2. The number of carbonyl (C=O) groups is 4. The first-order valence-corrected chi connectivity index (χ1v) is 9.91. The van der Waals surface area contributed by atoms with E-state index in [0.717, 1.165) is 11.6 Å². The highest BCUT2D eigenvalue weighted by Gasteiger charge is 2.09. The molecule has 0 heterocycles. The zero-order valence-corrected chi connectivity index (χ0v) is 17.9. The highest BCUT2D eigenvalue weighted by molar-refractivity contribution is 5.91. The predicted molar refractivity (Wildman–Crippen MR) is 120 cm³/mol. The van der Waals surface area contributed by atoms with Crippen LogP contribution in [0.15, 0.2) is 73.8 Å². The molecular weight excluding hydrogens is 424 g/mol. The minimum Gasteiger partial charge on any atom is -0.428 e. The van der Waals surface area contributed by atoms with E-state index in [1.54, 1.807) is 48.5 Å². The lowest BCUT2D eigenvalue weighted by Gasteiger charge is -2.07. The molecule has 0 saturated heterocycles.